The first-order valence-electron chi connectivity index (χ1n) is 6.60. The van der Waals surface area contributed by atoms with Gasteiger partial charge in [-0.25, -0.2) is 0 Å². The molecule has 0 spiro atoms. The van der Waals surface area contributed by atoms with Crippen LogP contribution < -0.4 is 5.32 Å². The van der Waals surface area contributed by atoms with Crippen molar-refractivity contribution in [1.29, 1.82) is 0 Å². The van der Waals surface area contributed by atoms with Crippen molar-refractivity contribution in [2.45, 2.75) is 44.4 Å². The normalized spacial score (nSPS) is 23.9. The van der Waals surface area contributed by atoms with Gasteiger partial charge < -0.3 is 5.32 Å². The predicted molar refractivity (Wildman–Crippen MR) is 77.8 cm³/mol. The molecule has 1 nitrogen and oxygen atoms in total. The summed E-state index contributed by atoms with van der Waals surface area (Å²) in [4.78, 5) is 0. The van der Waals surface area contributed by atoms with Gasteiger partial charge in [0.15, 0.2) is 0 Å². The minimum absolute atomic E-state index is 0.169. The molecule has 1 N–H and O–H groups in total. The van der Waals surface area contributed by atoms with Crippen LogP contribution in [0.25, 0.3) is 0 Å². The molecule has 112 valence electrons. The SMILES string of the molecule is FC(F)(F)C1CCC(NCc2ccc(Cl)c(Br)c2)CC1. The third-order valence-electron chi connectivity index (χ3n) is 3.77. The van der Waals surface area contributed by atoms with Gasteiger partial charge in [-0.15, -0.1) is 0 Å². The van der Waals surface area contributed by atoms with Gasteiger partial charge in [0.2, 0.25) is 0 Å². The van der Waals surface area contributed by atoms with E-state index < -0.39 is 12.1 Å². The van der Waals surface area contributed by atoms with Crippen LogP contribution in [0.1, 0.15) is 31.2 Å². The first kappa shape index (κ1) is 16.1. The Bertz CT molecular complexity index is 456. The van der Waals surface area contributed by atoms with Crippen molar-refractivity contribution in [2.24, 2.45) is 5.92 Å². The number of benzene rings is 1. The highest BCUT2D eigenvalue weighted by Crippen LogP contribution is 2.37. The fraction of sp³-hybridized carbons (Fsp3) is 0.571. The lowest BCUT2D eigenvalue weighted by Gasteiger charge is -2.30. The summed E-state index contributed by atoms with van der Waals surface area (Å²) < 4.78 is 38.5. The largest absolute Gasteiger partial charge is 0.391 e. The van der Waals surface area contributed by atoms with Gasteiger partial charge >= 0.3 is 6.18 Å². The van der Waals surface area contributed by atoms with Gasteiger partial charge in [0.05, 0.1) is 10.9 Å². The van der Waals surface area contributed by atoms with Gasteiger partial charge in [-0.05, 0) is 59.3 Å². The Hall–Kier alpha value is -0.260. The number of hydrogen-bond acceptors (Lipinski definition) is 1. The summed E-state index contributed by atoms with van der Waals surface area (Å²) in [5.74, 6) is -1.12. The van der Waals surface area contributed by atoms with E-state index in [2.05, 4.69) is 21.2 Å². The number of nitrogens with one attached hydrogen (secondary N) is 1. The lowest BCUT2D eigenvalue weighted by Crippen LogP contribution is -2.36. The Morgan fingerprint density at radius 3 is 2.40 bits per heavy atom. The minimum Gasteiger partial charge on any atom is -0.310 e. The molecule has 1 fully saturated rings. The van der Waals surface area contributed by atoms with E-state index in [0.717, 1.165) is 10.0 Å². The molecule has 0 aliphatic heterocycles. The lowest BCUT2D eigenvalue weighted by atomic mass is 9.85. The quantitative estimate of drug-likeness (QED) is 0.760. The maximum atomic E-state index is 12.6. The summed E-state index contributed by atoms with van der Waals surface area (Å²) in [6.45, 7) is 0.650. The molecule has 1 saturated carbocycles. The minimum atomic E-state index is -4.04. The fourth-order valence-electron chi connectivity index (χ4n) is 2.54. The average molecular weight is 371 g/mol. The molecule has 0 unspecified atom stereocenters. The van der Waals surface area contributed by atoms with Crippen molar-refractivity contribution in [3.8, 4) is 0 Å². The molecule has 0 heterocycles. The average Bonchev–Trinajstić information content (AvgIpc) is 2.40. The van der Waals surface area contributed by atoms with Crippen LogP contribution in [0.3, 0.4) is 0 Å². The molecular weight excluding hydrogens is 355 g/mol. The third kappa shape index (κ3) is 4.37. The fourth-order valence-corrected chi connectivity index (χ4v) is 3.08. The van der Waals surface area contributed by atoms with Crippen LogP contribution in [-0.2, 0) is 6.54 Å². The van der Waals surface area contributed by atoms with Crippen LogP contribution in [0, 0.1) is 5.92 Å². The summed E-state index contributed by atoms with van der Waals surface area (Å²) in [6, 6.07) is 5.82. The first-order valence-corrected chi connectivity index (χ1v) is 7.77. The van der Waals surface area contributed by atoms with Gasteiger partial charge in [0, 0.05) is 17.1 Å². The van der Waals surface area contributed by atoms with Crippen LogP contribution in [0.5, 0.6) is 0 Å². The van der Waals surface area contributed by atoms with E-state index in [1.807, 2.05) is 18.2 Å². The van der Waals surface area contributed by atoms with Crippen molar-refractivity contribution in [3.63, 3.8) is 0 Å². The smallest absolute Gasteiger partial charge is 0.310 e. The van der Waals surface area contributed by atoms with Crippen molar-refractivity contribution in [2.75, 3.05) is 0 Å². The van der Waals surface area contributed by atoms with Crippen molar-refractivity contribution in [3.05, 3.63) is 33.3 Å². The molecule has 2 rings (SSSR count). The second kappa shape index (κ2) is 6.67. The molecule has 1 aliphatic carbocycles. The Morgan fingerprint density at radius 2 is 1.85 bits per heavy atom. The van der Waals surface area contributed by atoms with Gasteiger partial charge in [-0.3, -0.25) is 0 Å². The number of halogens is 5. The summed E-state index contributed by atoms with van der Waals surface area (Å²) in [7, 11) is 0. The zero-order valence-electron chi connectivity index (χ0n) is 10.8. The number of rotatable bonds is 3. The summed E-state index contributed by atoms with van der Waals surface area (Å²) in [5.41, 5.74) is 1.07. The Morgan fingerprint density at radius 1 is 1.20 bits per heavy atom. The Balaban J connectivity index is 1.80. The molecular formula is C14H16BrClF3N. The number of hydrogen-bond donors (Lipinski definition) is 1. The van der Waals surface area contributed by atoms with E-state index in [9.17, 15) is 13.2 Å². The molecule has 0 bridgehead atoms. The predicted octanol–water partition coefficient (Wildman–Crippen LogP) is 5.31. The monoisotopic (exact) mass is 369 g/mol. The van der Waals surface area contributed by atoms with Crippen LogP contribution in [-0.4, -0.2) is 12.2 Å². The Labute approximate surface area is 130 Å². The maximum Gasteiger partial charge on any atom is 0.391 e. The van der Waals surface area contributed by atoms with Crippen LogP contribution in [0.4, 0.5) is 13.2 Å². The van der Waals surface area contributed by atoms with E-state index in [-0.39, 0.29) is 18.9 Å². The van der Waals surface area contributed by atoms with Gasteiger partial charge in [-0.2, -0.15) is 13.2 Å². The van der Waals surface area contributed by atoms with Gasteiger partial charge in [0.25, 0.3) is 0 Å². The second-order valence-electron chi connectivity index (χ2n) is 5.22. The molecule has 20 heavy (non-hydrogen) atoms. The van der Waals surface area contributed by atoms with Gasteiger partial charge in [-0.1, -0.05) is 17.7 Å². The summed E-state index contributed by atoms with van der Waals surface area (Å²) in [5, 5.41) is 3.98. The van der Waals surface area contributed by atoms with Crippen LogP contribution in [0.2, 0.25) is 5.02 Å². The van der Waals surface area contributed by atoms with E-state index >= 15 is 0 Å². The topological polar surface area (TPSA) is 12.0 Å². The second-order valence-corrected chi connectivity index (χ2v) is 6.48. The van der Waals surface area contributed by atoms with E-state index in [4.69, 9.17) is 11.6 Å². The van der Waals surface area contributed by atoms with E-state index in [0.29, 0.717) is 24.4 Å². The number of alkyl halides is 3. The highest BCUT2D eigenvalue weighted by atomic mass is 79.9. The van der Waals surface area contributed by atoms with Crippen LogP contribution in [0.15, 0.2) is 22.7 Å². The van der Waals surface area contributed by atoms with Crippen molar-refractivity contribution < 1.29 is 13.2 Å². The maximum absolute atomic E-state index is 12.6. The first-order chi connectivity index (χ1) is 9.36. The molecule has 1 aliphatic rings. The molecule has 0 aromatic heterocycles. The molecule has 6 heteroatoms. The molecule has 0 atom stereocenters. The zero-order chi connectivity index (χ0) is 14.8. The van der Waals surface area contributed by atoms with Crippen LogP contribution >= 0.6 is 27.5 Å². The zero-order valence-corrected chi connectivity index (χ0v) is 13.2. The third-order valence-corrected chi connectivity index (χ3v) is 4.98. The molecule has 1 aromatic rings. The molecule has 0 amide bonds. The van der Waals surface area contributed by atoms with Crippen molar-refractivity contribution in [1.82, 2.24) is 5.32 Å². The van der Waals surface area contributed by atoms with Gasteiger partial charge in [0.1, 0.15) is 0 Å². The summed E-state index contributed by atoms with van der Waals surface area (Å²) >= 11 is 9.27. The molecule has 1 aromatic carbocycles. The standard InChI is InChI=1S/C14H16BrClF3N/c15-12-7-9(1-6-13(12)16)8-20-11-4-2-10(3-5-11)14(17,18)19/h1,6-7,10-11,20H,2-5,8H2. The summed E-state index contributed by atoms with van der Waals surface area (Å²) in [6.07, 6.45) is -2.42. The van der Waals surface area contributed by atoms with E-state index in [1.54, 1.807) is 0 Å². The lowest BCUT2D eigenvalue weighted by molar-refractivity contribution is -0.182. The highest BCUT2D eigenvalue weighted by Gasteiger charge is 2.41. The van der Waals surface area contributed by atoms with Crippen molar-refractivity contribution >= 4 is 27.5 Å². The highest BCUT2D eigenvalue weighted by molar-refractivity contribution is 9.10. The molecule has 0 radical (unpaired) electrons. The van der Waals surface area contributed by atoms with E-state index in [1.165, 1.54) is 0 Å². The Kier molecular flexibility index (Phi) is 5.37. The molecule has 0 saturated heterocycles.